The standard InChI is InChI=1S/C22H24F5N5O/c1-28-8-13-4-5-19(16-3-2-6-29-20(13)16)31-9-14(22(25,26)27)7-15(10-31)30-21(33)32-11-17(23)18(24)12-32/h2-6,8,14-15,17-18H,7,9-12H2,1H3,(H,30,33)/t14-,15+,17-,18+/m0/s1. The zero-order valence-corrected chi connectivity index (χ0v) is 17.9. The maximum atomic E-state index is 13.7. The lowest BCUT2D eigenvalue weighted by Gasteiger charge is -2.40. The number of hydrogen-bond acceptors (Lipinski definition) is 4. The van der Waals surface area contributed by atoms with Gasteiger partial charge in [0.1, 0.15) is 0 Å². The van der Waals surface area contributed by atoms with Crippen molar-refractivity contribution in [3.8, 4) is 0 Å². The van der Waals surface area contributed by atoms with E-state index in [0.29, 0.717) is 16.6 Å². The molecular weight excluding hydrogens is 445 g/mol. The fraction of sp³-hybridized carbons (Fsp3) is 0.500. The van der Waals surface area contributed by atoms with Crippen molar-refractivity contribution in [3.05, 3.63) is 36.0 Å². The van der Waals surface area contributed by atoms with Gasteiger partial charge >= 0.3 is 12.2 Å². The third-order valence-electron chi connectivity index (χ3n) is 6.10. The zero-order valence-electron chi connectivity index (χ0n) is 17.9. The van der Waals surface area contributed by atoms with Crippen molar-refractivity contribution in [3.63, 3.8) is 0 Å². The molecule has 2 saturated heterocycles. The highest BCUT2D eigenvalue weighted by Gasteiger charge is 2.45. The van der Waals surface area contributed by atoms with Crippen LogP contribution in [0.25, 0.3) is 10.9 Å². The van der Waals surface area contributed by atoms with Crippen molar-refractivity contribution in [1.29, 1.82) is 0 Å². The minimum Gasteiger partial charge on any atom is -0.368 e. The molecule has 0 radical (unpaired) electrons. The second kappa shape index (κ2) is 9.11. The van der Waals surface area contributed by atoms with Gasteiger partial charge in [-0.15, -0.1) is 0 Å². The van der Waals surface area contributed by atoms with E-state index in [-0.39, 0.29) is 19.5 Å². The number of alkyl halides is 5. The summed E-state index contributed by atoms with van der Waals surface area (Å²) < 4.78 is 68.2. The third-order valence-corrected chi connectivity index (χ3v) is 6.10. The number of urea groups is 1. The van der Waals surface area contributed by atoms with Crippen LogP contribution in [0.15, 0.2) is 35.5 Å². The topological polar surface area (TPSA) is 60.8 Å². The van der Waals surface area contributed by atoms with E-state index in [9.17, 15) is 26.7 Å². The first-order valence-electron chi connectivity index (χ1n) is 10.6. The number of likely N-dealkylation sites (tertiary alicyclic amines) is 1. The number of nitrogens with one attached hydrogen (secondary N) is 1. The summed E-state index contributed by atoms with van der Waals surface area (Å²) in [6.45, 7) is -0.981. The van der Waals surface area contributed by atoms with Crippen molar-refractivity contribution in [2.45, 2.75) is 31.0 Å². The van der Waals surface area contributed by atoms with Gasteiger partial charge in [-0.25, -0.2) is 13.6 Å². The van der Waals surface area contributed by atoms with Gasteiger partial charge < -0.3 is 15.1 Å². The number of nitrogens with zero attached hydrogens (tertiary/aromatic N) is 4. The lowest BCUT2D eigenvalue weighted by atomic mass is 9.92. The van der Waals surface area contributed by atoms with E-state index >= 15 is 0 Å². The fourth-order valence-electron chi connectivity index (χ4n) is 4.49. The number of hydrogen-bond donors (Lipinski definition) is 1. The van der Waals surface area contributed by atoms with Crippen LogP contribution in [0.5, 0.6) is 0 Å². The first-order chi connectivity index (χ1) is 15.7. The summed E-state index contributed by atoms with van der Waals surface area (Å²) in [6.07, 6.45) is -5.12. The van der Waals surface area contributed by atoms with Crippen LogP contribution in [0.2, 0.25) is 0 Å². The number of piperidine rings is 1. The molecule has 1 aromatic heterocycles. The van der Waals surface area contributed by atoms with Crippen LogP contribution in [0.4, 0.5) is 32.4 Å². The van der Waals surface area contributed by atoms with Gasteiger partial charge in [0.25, 0.3) is 0 Å². The first kappa shape index (κ1) is 23.2. The van der Waals surface area contributed by atoms with E-state index < -0.39 is 49.6 Å². The Balaban J connectivity index is 1.62. The van der Waals surface area contributed by atoms with Gasteiger partial charge in [0.15, 0.2) is 12.3 Å². The van der Waals surface area contributed by atoms with Crippen LogP contribution in [-0.2, 0) is 0 Å². The average molecular weight is 469 g/mol. The Morgan fingerprint density at radius 1 is 1.15 bits per heavy atom. The number of carbonyl (C=O) groups is 1. The van der Waals surface area contributed by atoms with Gasteiger partial charge in [0, 0.05) is 55.2 Å². The monoisotopic (exact) mass is 469 g/mol. The molecule has 0 aliphatic carbocycles. The summed E-state index contributed by atoms with van der Waals surface area (Å²) in [5.74, 6) is -1.68. The molecule has 1 N–H and O–H groups in total. The average Bonchev–Trinajstić information content (AvgIpc) is 3.12. The predicted octanol–water partition coefficient (Wildman–Crippen LogP) is 3.74. The second-order valence-corrected chi connectivity index (χ2v) is 8.42. The Morgan fingerprint density at radius 3 is 2.55 bits per heavy atom. The summed E-state index contributed by atoms with van der Waals surface area (Å²) in [6, 6.07) is 5.35. The Bertz CT molecular complexity index is 1040. The lowest BCUT2D eigenvalue weighted by Crippen LogP contribution is -2.56. The van der Waals surface area contributed by atoms with Gasteiger partial charge in [0.05, 0.1) is 24.5 Å². The molecule has 0 spiro atoms. The van der Waals surface area contributed by atoms with E-state index in [1.54, 1.807) is 48.6 Å². The Morgan fingerprint density at radius 2 is 1.88 bits per heavy atom. The maximum absolute atomic E-state index is 13.7. The highest BCUT2D eigenvalue weighted by Crippen LogP contribution is 2.37. The maximum Gasteiger partial charge on any atom is 0.393 e. The number of anilines is 1. The van der Waals surface area contributed by atoms with E-state index in [4.69, 9.17) is 0 Å². The molecule has 2 amide bonds. The molecule has 2 fully saturated rings. The minimum absolute atomic E-state index is 0.121. The number of rotatable bonds is 3. The SMILES string of the molecule is CN=Cc1ccc(N2C[C@H](NC(=O)N3C[C@@H](F)[C@@H](F)C3)C[C@H](C(F)(F)F)C2)c2cccnc12. The quantitative estimate of drug-likeness (QED) is 0.551. The van der Waals surface area contributed by atoms with Gasteiger partial charge in [-0.05, 0) is 30.7 Å². The number of amides is 2. The summed E-state index contributed by atoms with van der Waals surface area (Å²) in [5.41, 5.74) is 1.91. The molecule has 6 nitrogen and oxygen atoms in total. The number of benzene rings is 1. The second-order valence-electron chi connectivity index (χ2n) is 8.42. The number of carbonyl (C=O) groups excluding carboxylic acids is 1. The smallest absolute Gasteiger partial charge is 0.368 e. The predicted molar refractivity (Wildman–Crippen MR) is 115 cm³/mol. The lowest BCUT2D eigenvalue weighted by molar-refractivity contribution is -0.177. The molecule has 2 aliphatic heterocycles. The molecule has 4 atom stereocenters. The Hall–Kier alpha value is -2.98. The fourth-order valence-corrected chi connectivity index (χ4v) is 4.49. The minimum atomic E-state index is -4.47. The first-order valence-corrected chi connectivity index (χ1v) is 10.6. The van der Waals surface area contributed by atoms with E-state index in [0.717, 1.165) is 10.5 Å². The molecule has 4 rings (SSSR count). The van der Waals surface area contributed by atoms with Crippen molar-refractivity contribution in [2.75, 3.05) is 38.1 Å². The molecule has 2 aliphatic rings. The summed E-state index contributed by atoms with van der Waals surface area (Å²) in [4.78, 5) is 23.4. The van der Waals surface area contributed by atoms with Crippen LogP contribution in [0.1, 0.15) is 12.0 Å². The van der Waals surface area contributed by atoms with Gasteiger partial charge in [-0.1, -0.05) is 0 Å². The summed E-state index contributed by atoms with van der Waals surface area (Å²) in [7, 11) is 1.62. The Labute approximate surface area is 187 Å². The molecule has 3 heterocycles. The number of pyridine rings is 1. The molecule has 1 aromatic carbocycles. The van der Waals surface area contributed by atoms with Crippen molar-refractivity contribution < 1.29 is 26.7 Å². The van der Waals surface area contributed by atoms with Gasteiger partial charge in [-0.2, -0.15) is 13.2 Å². The highest BCUT2D eigenvalue weighted by atomic mass is 19.4. The molecule has 178 valence electrons. The molecular formula is C22H24F5N5O. The largest absolute Gasteiger partial charge is 0.393 e. The van der Waals surface area contributed by atoms with Gasteiger partial charge in [0.2, 0.25) is 0 Å². The van der Waals surface area contributed by atoms with E-state index in [2.05, 4.69) is 15.3 Å². The van der Waals surface area contributed by atoms with Crippen LogP contribution in [0, 0.1) is 5.92 Å². The number of aliphatic imine (C=N–C) groups is 1. The van der Waals surface area contributed by atoms with E-state index in [1.807, 2.05) is 0 Å². The molecule has 0 saturated carbocycles. The highest BCUT2D eigenvalue weighted by molar-refractivity contribution is 6.03. The van der Waals surface area contributed by atoms with Crippen LogP contribution < -0.4 is 10.2 Å². The Kier molecular flexibility index (Phi) is 6.40. The normalized spacial score (nSPS) is 26.4. The summed E-state index contributed by atoms with van der Waals surface area (Å²) >= 11 is 0. The molecule has 0 unspecified atom stereocenters. The van der Waals surface area contributed by atoms with Crippen LogP contribution in [-0.4, -0.2) is 79.9 Å². The van der Waals surface area contributed by atoms with Gasteiger partial charge in [-0.3, -0.25) is 9.98 Å². The van der Waals surface area contributed by atoms with Crippen molar-refractivity contribution >= 4 is 28.8 Å². The number of halogens is 5. The molecule has 33 heavy (non-hydrogen) atoms. The van der Waals surface area contributed by atoms with Crippen molar-refractivity contribution in [2.24, 2.45) is 10.9 Å². The number of aromatic nitrogens is 1. The molecule has 11 heteroatoms. The van der Waals surface area contributed by atoms with Crippen LogP contribution >= 0.6 is 0 Å². The number of fused-ring (bicyclic) bond motifs is 1. The van der Waals surface area contributed by atoms with Crippen LogP contribution in [0.3, 0.4) is 0 Å². The third kappa shape index (κ3) is 4.86. The molecule has 0 bridgehead atoms. The van der Waals surface area contributed by atoms with E-state index in [1.165, 1.54) is 0 Å². The zero-order chi connectivity index (χ0) is 23.8. The summed E-state index contributed by atoms with van der Waals surface area (Å²) in [5, 5.41) is 3.23. The molecule has 2 aromatic rings. The van der Waals surface area contributed by atoms with Crippen molar-refractivity contribution in [1.82, 2.24) is 15.2 Å².